The summed E-state index contributed by atoms with van der Waals surface area (Å²) in [5.41, 5.74) is 6.57. The summed E-state index contributed by atoms with van der Waals surface area (Å²) in [6, 6.07) is 13.2. The van der Waals surface area contributed by atoms with Gasteiger partial charge in [-0.3, -0.25) is 0 Å². The average Bonchev–Trinajstić information content (AvgIpc) is 2.70. The van der Waals surface area contributed by atoms with E-state index in [4.69, 9.17) is 15.6 Å². The second kappa shape index (κ2) is 14.1. The predicted molar refractivity (Wildman–Crippen MR) is 134 cm³/mol. The standard InChI is InChI=1S/C21H31N3O3S.C3H9N/c1-4-5-9-12-23-19-13-17(15-24-16(2)3)14-20(28(22,25)26)21(19)27-18-10-7-6-8-11-18;1-3(2)4/h6-8,10-11,13-14,16,23-24H,4-5,9,12,15H2,1-3H3,(H2,22,25,26);3H,4H2,1-2H3. The van der Waals surface area contributed by atoms with Gasteiger partial charge in [-0.05, 0) is 42.3 Å². The van der Waals surface area contributed by atoms with Crippen LogP contribution in [0, 0.1) is 0 Å². The fourth-order valence-electron chi connectivity index (χ4n) is 2.74. The Bertz CT molecular complexity index is 898. The van der Waals surface area contributed by atoms with Crippen molar-refractivity contribution in [1.29, 1.82) is 0 Å². The number of benzene rings is 2. The molecule has 0 aromatic heterocycles. The van der Waals surface area contributed by atoms with Gasteiger partial charge in [-0.15, -0.1) is 0 Å². The Kier molecular flexibility index (Phi) is 12.3. The summed E-state index contributed by atoms with van der Waals surface area (Å²) in [5, 5.41) is 12.2. The van der Waals surface area contributed by atoms with E-state index in [1.165, 1.54) is 0 Å². The highest BCUT2D eigenvalue weighted by Gasteiger charge is 2.21. The van der Waals surface area contributed by atoms with Crippen LogP contribution in [0.3, 0.4) is 0 Å². The smallest absolute Gasteiger partial charge is 0.241 e. The Hall–Kier alpha value is -2.13. The van der Waals surface area contributed by atoms with Gasteiger partial charge in [-0.1, -0.05) is 65.7 Å². The molecule has 8 heteroatoms. The lowest BCUT2D eigenvalue weighted by Crippen LogP contribution is -2.22. The Balaban J connectivity index is 0.00000118. The van der Waals surface area contributed by atoms with Crippen LogP contribution < -0.4 is 26.2 Å². The molecule has 0 atom stereocenters. The van der Waals surface area contributed by atoms with Gasteiger partial charge in [0.1, 0.15) is 10.6 Å². The first kappa shape index (κ1) is 27.9. The highest BCUT2D eigenvalue weighted by molar-refractivity contribution is 7.89. The summed E-state index contributed by atoms with van der Waals surface area (Å²) in [7, 11) is -3.97. The molecule has 2 rings (SSSR count). The van der Waals surface area contributed by atoms with Crippen LogP contribution in [0.5, 0.6) is 11.5 Å². The molecule has 0 saturated heterocycles. The number of hydrogen-bond donors (Lipinski definition) is 4. The van der Waals surface area contributed by atoms with Crippen LogP contribution in [0.15, 0.2) is 47.4 Å². The number of unbranched alkanes of at least 4 members (excludes halogenated alkanes) is 2. The van der Waals surface area contributed by atoms with Crippen molar-refractivity contribution in [2.45, 2.75) is 77.4 Å². The molecule has 2 aromatic rings. The minimum absolute atomic E-state index is 0.0163. The van der Waals surface area contributed by atoms with E-state index in [9.17, 15) is 8.42 Å². The summed E-state index contributed by atoms with van der Waals surface area (Å²) in [4.78, 5) is -0.0163. The summed E-state index contributed by atoms with van der Waals surface area (Å²) < 4.78 is 30.6. The van der Waals surface area contributed by atoms with Gasteiger partial charge in [0, 0.05) is 19.1 Å². The van der Waals surface area contributed by atoms with E-state index in [0.29, 0.717) is 24.0 Å². The number of anilines is 1. The van der Waals surface area contributed by atoms with Crippen molar-refractivity contribution in [3.05, 3.63) is 48.0 Å². The molecule has 32 heavy (non-hydrogen) atoms. The fraction of sp³-hybridized carbons (Fsp3) is 0.500. The third kappa shape index (κ3) is 10.9. The summed E-state index contributed by atoms with van der Waals surface area (Å²) >= 11 is 0. The molecule has 6 N–H and O–H groups in total. The second-order valence-corrected chi connectivity index (χ2v) is 9.87. The first-order chi connectivity index (χ1) is 15.0. The van der Waals surface area contributed by atoms with Crippen molar-refractivity contribution in [2.75, 3.05) is 11.9 Å². The third-order valence-electron chi connectivity index (χ3n) is 4.19. The molecule has 0 amide bonds. The van der Waals surface area contributed by atoms with Gasteiger partial charge in [-0.25, -0.2) is 13.6 Å². The first-order valence-corrected chi connectivity index (χ1v) is 12.7. The molecule has 0 aliphatic rings. The molecule has 0 radical (unpaired) electrons. The Morgan fingerprint density at radius 3 is 2.19 bits per heavy atom. The van der Waals surface area contributed by atoms with Gasteiger partial charge < -0.3 is 21.1 Å². The van der Waals surface area contributed by atoms with E-state index < -0.39 is 10.0 Å². The number of primary sulfonamides is 1. The maximum Gasteiger partial charge on any atom is 0.241 e. The zero-order valence-electron chi connectivity index (χ0n) is 20.0. The van der Waals surface area contributed by atoms with Gasteiger partial charge in [0.2, 0.25) is 10.0 Å². The number of rotatable bonds is 11. The number of sulfonamides is 1. The van der Waals surface area contributed by atoms with E-state index >= 15 is 0 Å². The first-order valence-electron chi connectivity index (χ1n) is 11.2. The highest BCUT2D eigenvalue weighted by Crippen LogP contribution is 2.37. The van der Waals surface area contributed by atoms with Gasteiger partial charge in [0.25, 0.3) is 0 Å². The molecule has 0 saturated carbocycles. The van der Waals surface area contributed by atoms with Crippen molar-refractivity contribution >= 4 is 15.7 Å². The number of para-hydroxylation sites is 1. The molecule has 0 bridgehead atoms. The van der Waals surface area contributed by atoms with Crippen LogP contribution in [0.25, 0.3) is 0 Å². The molecular weight excluding hydrogens is 424 g/mol. The van der Waals surface area contributed by atoms with E-state index in [1.807, 2.05) is 52.0 Å². The minimum Gasteiger partial charge on any atom is -0.454 e. The normalized spacial score (nSPS) is 11.3. The number of nitrogens with two attached hydrogens (primary N) is 2. The SMILES string of the molecule is CC(C)N.CCCCCNc1cc(CNC(C)C)cc(S(N)(=O)=O)c1Oc1ccccc1. The van der Waals surface area contributed by atoms with Gasteiger partial charge >= 0.3 is 0 Å². The Labute approximate surface area is 194 Å². The van der Waals surface area contributed by atoms with Crippen molar-refractivity contribution in [3.8, 4) is 11.5 Å². The monoisotopic (exact) mass is 464 g/mol. The van der Waals surface area contributed by atoms with Crippen LogP contribution in [-0.2, 0) is 16.6 Å². The van der Waals surface area contributed by atoms with E-state index in [1.54, 1.807) is 18.2 Å². The van der Waals surface area contributed by atoms with Crippen molar-refractivity contribution in [3.63, 3.8) is 0 Å². The summed E-state index contributed by atoms with van der Waals surface area (Å²) in [6.45, 7) is 11.4. The third-order valence-corrected chi connectivity index (χ3v) is 5.11. The molecule has 0 aliphatic heterocycles. The van der Waals surface area contributed by atoms with Crippen LogP contribution in [0.4, 0.5) is 5.69 Å². The van der Waals surface area contributed by atoms with Gasteiger partial charge in [0.15, 0.2) is 5.75 Å². The quantitative estimate of drug-likeness (QED) is 0.361. The number of ether oxygens (including phenoxy) is 1. The largest absolute Gasteiger partial charge is 0.454 e. The molecule has 7 nitrogen and oxygen atoms in total. The molecular formula is C24H40N4O3S. The van der Waals surface area contributed by atoms with Gasteiger partial charge in [-0.2, -0.15) is 0 Å². The Morgan fingerprint density at radius 2 is 1.66 bits per heavy atom. The van der Waals surface area contributed by atoms with E-state index in [2.05, 4.69) is 17.6 Å². The zero-order valence-corrected chi connectivity index (χ0v) is 20.8. The molecule has 0 aliphatic carbocycles. The highest BCUT2D eigenvalue weighted by atomic mass is 32.2. The number of nitrogens with one attached hydrogen (secondary N) is 2. The predicted octanol–water partition coefficient (Wildman–Crippen LogP) is 4.58. The average molecular weight is 465 g/mol. The molecule has 0 heterocycles. The second-order valence-electron chi connectivity index (χ2n) is 8.34. The van der Waals surface area contributed by atoms with E-state index in [0.717, 1.165) is 31.4 Å². The van der Waals surface area contributed by atoms with Crippen LogP contribution in [-0.4, -0.2) is 27.0 Å². The zero-order chi connectivity index (χ0) is 24.1. The molecule has 180 valence electrons. The lowest BCUT2D eigenvalue weighted by Gasteiger charge is -2.19. The van der Waals surface area contributed by atoms with Crippen molar-refractivity contribution in [2.24, 2.45) is 10.9 Å². The van der Waals surface area contributed by atoms with Crippen LogP contribution >= 0.6 is 0 Å². The lowest BCUT2D eigenvalue weighted by atomic mass is 10.1. The van der Waals surface area contributed by atoms with E-state index in [-0.39, 0.29) is 16.7 Å². The van der Waals surface area contributed by atoms with Gasteiger partial charge in [0.05, 0.1) is 5.69 Å². The molecule has 0 spiro atoms. The van der Waals surface area contributed by atoms with Crippen molar-refractivity contribution in [1.82, 2.24) is 5.32 Å². The number of hydrogen-bond acceptors (Lipinski definition) is 6. The topological polar surface area (TPSA) is 119 Å². The summed E-state index contributed by atoms with van der Waals surface area (Å²) in [6.07, 6.45) is 3.19. The fourth-order valence-corrected chi connectivity index (χ4v) is 3.46. The maximum absolute atomic E-state index is 12.3. The van der Waals surface area contributed by atoms with Crippen LogP contribution in [0.2, 0.25) is 0 Å². The Morgan fingerprint density at radius 1 is 1.03 bits per heavy atom. The molecule has 0 fully saturated rings. The minimum atomic E-state index is -3.97. The molecule has 0 unspecified atom stereocenters. The van der Waals surface area contributed by atoms with Crippen LogP contribution in [0.1, 0.15) is 59.4 Å². The maximum atomic E-state index is 12.3. The summed E-state index contributed by atoms with van der Waals surface area (Å²) in [5.74, 6) is 0.788. The lowest BCUT2D eigenvalue weighted by molar-refractivity contribution is 0.468. The molecule has 2 aromatic carbocycles. The van der Waals surface area contributed by atoms with Crippen molar-refractivity contribution < 1.29 is 13.2 Å².